The molecule has 4 nitrogen and oxygen atoms in total. The van der Waals surface area contributed by atoms with E-state index in [0.717, 1.165) is 19.3 Å². The number of fused-ring (bicyclic) bond motifs is 2. The fourth-order valence-corrected chi connectivity index (χ4v) is 5.02. The Morgan fingerprint density at radius 1 is 1.07 bits per heavy atom. The first-order valence-electron chi connectivity index (χ1n) is 10.2. The topological polar surface area (TPSA) is 40.6 Å². The summed E-state index contributed by atoms with van der Waals surface area (Å²) in [6, 6.07) is 14.6. The average Bonchev–Trinajstić information content (AvgIpc) is 3.02. The van der Waals surface area contributed by atoms with E-state index in [1.54, 1.807) is 42.1 Å². The van der Waals surface area contributed by atoms with E-state index in [1.807, 2.05) is 6.07 Å². The molecule has 1 aliphatic carbocycles. The quantitative estimate of drug-likeness (QED) is 0.791. The van der Waals surface area contributed by atoms with Gasteiger partial charge in [-0.3, -0.25) is 9.59 Å². The van der Waals surface area contributed by atoms with Crippen LogP contribution in [0.3, 0.4) is 0 Å². The highest BCUT2D eigenvalue weighted by Gasteiger charge is 2.46. The molecule has 1 fully saturated rings. The van der Waals surface area contributed by atoms with Crippen molar-refractivity contribution in [3.63, 3.8) is 0 Å². The van der Waals surface area contributed by atoms with Crippen molar-refractivity contribution >= 4 is 11.8 Å². The van der Waals surface area contributed by atoms with Crippen molar-refractivity contribution in [2.24, 2.45) is 0 Å². The third-order valence-electron chi connectivity index (χ3n) is 6.64. The molecule has 5 heteroatoms. The summed E-state index contributed by atoms with van der Waals surface area (Å²) >= 11 is 0. The minimum atomic E-state index is -0.466. The zero-order valence-electron chi connectivity index (χ0n) is 17.0. The number of carbonyl (C=O) groups is 2. The molecule has 152 valence electrons. The predicted octanol–water partition coefficient (Wildman–Crippen LogP) is 3.97. The first-order chi connectivity index (χ1) is 13.9. The van der Waals surface area contributed by atoms with E-state index < -0.39 is 5.82 Å². The van der Waals surface area contributed by atoms with E-state index in [4.69, 9.17) is 0 Å². The van der Waals surface area contributed by atoms with Crippen molar-refractivity contribution in [2.45, 2.75) is 37.0 Å². The zero-order chi connectivity index (χ0) is 20.6. The van der Waals surface area contributed by atoms with E-state index >= 15 is 0 Å². The summed E-state index contributed by atoms with van der Waals surface area (Å²) < 4.78 is 14.0. The summed E-state index contributed by atoms with van der Waals surface area (Å²) in [5, 5.41) is 0. The number of halogens is 1. The lowest BCUT2D eigenvalue weighted by Crippen LogP contribution is -2.44. The summed E-state index contributed by atoms with van der Waals surface area (Å²) in [6.45, 7) is 1.21. The highest BCUT2D eigenvalue weighted by Crippen LogP contribution is 2.52. The number of piperidine rings is 1. The van der Waals surface area contributed by atoms with Crippen LogP contribution >= 0.6 is 0 Å². The molecule has 2 aromatic rings. The summed E-state index contributed by atoms with van der Waals surface area (Å²) in [5.41, 5.74) is 2.75. The van der Waals surface area contributed by atoms with Crippen LogP contribution in [-0.4, -0.2) is 48.8 Å². The van der Waals surface area contributed by atoms with Crippen molar-refractivity contribution in [2.75, 3.05) is 27.2 Å². The van der Waals surface area contributed by atoms with Gasteiger partial charge in [0, 0.05) is 33.6 Å². The molecule has 0 radical (unpaired) electrons. The number of amides is 2. The molecule has 0 saturated carbocycles. The Morgan fingerprint density at radius 3 is 2.41 bits per heavy atom. The van der Waals surface area contributed by atoms with E-state index in [2.05, 4.69) is 18.2 Å². The molecule has 2 aliphatic rings. The summed E-state index contributed by atoms with van der Waals surface area (Å²) in [7, 11) is 3.59. The van der Waals surface area contributed by atoms with Crippen molar-refractivity contribution in [3.05, 3.63) is 71.0 Å². The second-order valence-electron chi connectivity index (χ2n) is 8.53. The zero-order valence-corrected chi connectivity index (χ0v) is 17.0. The molecule has 1 saturated heterocycles. The molecule has 1 aliphatic heterocycles. The van der Waals surface area contributed by atoms with Gasteiger partial charge in [0.05, 0.1) is 5.56 Å². The van der Waals surface area contributed by atoms with Gasteiger partial charge in [0.1, 0.15) is 5.82 Å². The Kier molecular flexibility index (Phi) is 5.15. The number of benzene rings is 2. The molecule has 2 aromatic carbocycles. The van der Waals surface area contributed by atoms with Crippen LogP contribution in [0.1, 0.15) is 53.1 Å². The van der Waals surface area contributed by atoms with Crippen molar-refractivity contribution in [3.8, 4) is 0 Å². The van der Waals surface area contributed by atoms with Gasteiger partial charge in [0.25, 0.3) is 5.91 Å². The van der Waals surface area contributed by atoms with Gasteiger partial charge in [0.15, 0.2) is 0 Å². The number of nitrogens with zero attached hydrogens (tertiary/aromatic N) is 2. The maximum Gasteiger partial charge on any atom is 0.256 e. The first-order valence-corrected chi connectivity index (χ1v) is 10.2. The van der Waals surface area contributed by atoms with Gasteiger partial charge in [-0.1, -0.05) is 36.4 Å². The van der Waals surface area contributed by atoms with Gasteiger partial charge in [-0.15, -0.1) is 0 Å². The van der Waals surface area contributed by atoms with Crippen LogP contribution < -0.4 is 0 Å². The molecule has 1 heterocycles. The van der Waals surface area contributed by atoms with Crippen molar-refractivity contribution < 1.29 is 14.0 Å². The minimum Gasteiger partial charge on any atom is -0.349 e. The highest BCUT2D eigenvalue weighted by atomic mass is 19.1. The van der Waals surface area contributed by atoms with E-state index in [1.165, 1.54) is 17.2 Å². The molecule has 0 aromatic heterocycles. The molecule has 0 bridgehead atoms. The smallest absolute Gasteiger partial charge is 0.256 e. The van der Waals surface area contributed by atoms with Gasteiger partial charge in [-0.2, -0.15) is 0 Å². The third kappa shape index (κ3) is 3.54. The Morgan fingerprint density at radius 2 is 1.72 bits per heavy atom. The maximum atomic E-state index is 14.0. The Bertz CT molecular complexity index is 932. The lowest BCUT2D eigenvalue weighted by Gasteiger charge is -2.40. The number of carbonyl (C=O) groups excluding carboxylic acids is 2. The normalized spacial score (nSPS) is 19.8. The third-order valence-corrected chi connectivity index (χ3v) is 6.64. The fourth-order valence-electron chi connectivity index (χ4n) is 5.02. The Balaban J connectivity index is 1.53. The predicted molar refractivity (Wildman–Crippen MR) is 110 cm³/mol. The molecule has 1 spiro atoms. The second-order valence-corrected chi connectivity index (χ2v) is 8.53. The Hall–Kier alpha value is -2.69. The molecule has 4 rings (SSSR count). The molecule has 0 N–H and O–H groups in total. The number of rotatable bonds is 3. The van der Waals surface area contributed by atoms with Crippen molar-refractivity contribution in [1.29, 1.82) is 0 Å². The fraction of sp³-hybridized carbons (Fsp3) is 0.417. The number of hydrogen-bond acceptors (Lipinski definition) is 2. The van der Waals surface area contributed by atoms with Crippen LogP contribution in [0.4, 0.5) is 4.39 Å². The van der Waals surface area contributed by atoms with Crippen LogP contribution in [0, 0.1) is 5.82 Å². The summed E-state index contributed by atoms with van der Waals surface area (Å²) in [4.78, 5) is 28.6. The van der Waals surface area contributed by atoms with E-state index in [0.29, 0.717) is 19.5 Å². The van der Waals surface area contributed by atoms with E-state index in [-0.39, 0.29) is 28.7 Å². The van der Waals surface area contributed by atoms with Gasteiger partial charge in [0.2, 0.25) is 5.91 Å². The number of hydrogen-bond donors (Lipinski definition) is 0. The van der Waals surface area contributed by atoms with Gasteiger partial charge < -0.3 is 9.80 Å². The lowest BCUT2D eigenvalue weighted by molar-refractivity contribution is -0.129. The molecular formula is C24H27FN2O2. The molecular weight excluding hydrogens is 367 g/mol. The summed E-state index contributed by atoms with van der Waals surface area (Å²) in [6.07, 6.45) is 3.14. The van der Waals surface area contributed by atoms with E-state index in [9.17, 15) is 14.0 Å². The van der Waals surface area contributed by atoms with Crippen molar-refractivity contribution in [1.82, 2.24) is 9.80 Å². The molecule has 1 unspecified atom stereocenters. The van der Waals surface area contributed by atoms with Crippen LogP contribution in [0.2, 0.25) is 0 Å². The minimum absolute atomic E-state index is 0.000134. The number of likely N-dealkylation sites (tertiary alicyclic amines) is 1. The van der Waals surface area contributed by atoms with Gasteiger partial charge >= 0.3 is 0 Å². The highest BCUT2D eigenvalue weighted by molar-refractivity contribution is 5.94. The van der Waals surface area contributed by atoms with Crippen LogP contribution in [0.15, 0.2) is 48.5 Å². The second kappa shape index (κ2) is 7.62. The molecule has 2 amide bonds. The summed E-state index contributed by atoms with van der Waals surface area (Å²) in [5.74, 6) is -0.334. The van der Waals surface area contributed by atoms with Crippen LogP contribution in [0.5, 0.6) is 0 Å². The Labute approximate surface area is 171 Å². The molecule has 29 heavy (non-hydrogen) atoms. The van der Waals surface area contributed by atoms with Gasteiger partial charge in [-0.25, -0.2) is 4.39 Å². The van der Waals surface area contributed by atoms with Gasteiger partial charge in [-0.05, 0) is 53.9 Å². The SMILES string of the molecule is CN(C)C(=O)CC1CC2(CCN(C(=O)c3ccccc3F)CC2)c2ccccc21. The first kappa shape index (κ1) is 19.6. The molecule has 1 atom stereocenters. The monoisotopic (exact) mass is 394 g/mol. The standard InChI is InChI=1S/C24H27FN2O2/c1-26(2)22(28)15-17-16-24(20-9-5-3-7-18(17)20)11-13-27(14-12-24)23(29)19-8-4-6-10-21(19)25/h3-10,17H,11-16H2,1-2H3. The lowest BCUT2D eigenvalue weighted by atomic mass is 9.73. The van der Waals surface area contributed by atoms with Crippen LogP contribution in [0.25, 0.3) is 0 Å². The largest absolute Gasteiger partial charge is 0.349 e. The van der Waals surface area contributed by atoms with Crippen LogP contribution in [-0.2, 0) is 10.2 Å². The average molecular weight is 394 g/mol. The maximum absolute atomic E-state index is 14.0.